The fourth-order valence-corrected chi connectivity index (χ4v) is 7.88. The second-order valence-electron chi connectivity index (χ2n) is 12.1. The van der Waals surface area contributed by atoms with Crippen molar-refractivity contribution < 1.29 is 0 Å². The molecular weight excluding hydrogens is 576 g/mol. The number of nitrogens with zero attached hydrogens (tertiary/aromatic N) is 6. The van der Waals surface area contributed by atoms with Gasteiger partial charge in [0, 0.05) is 56.1 Å². The maximum absolute atomic E-state index is 5.17. The molecule has 0 bridgehead atoms. The summed E-state index contributed by atoms with van der Waals surface area (Å²) in [5, 5.41) is 6.99. The van der Waals surface area contributed by atoms with Gasteiger partial charge in [0.15, 0.2) is 0 Å². The van der Waals surface area contributed by atoms with Gasteiger partial charge < -0.3 is 9.13 Å². The molecule has 0 aliphatic heterocycles. The molecule has 0 aliphatic rings. The Morgan fingerprint density at radius 3 is 1.96 bits per heavy atom. The minimum absolute atomic E-state index is 0.904. The third kappa shape index (κ3) is 3.16. The summed E-state index contributed by atoms with van der Waals surface area (Å²) in [6.07, 6.45) is 5.59. The first-order valence-electron chi connectivity index (χ1n) is 15.8. The molecule has 0 saturated heterocycles. The van der Waals surface area contributed by atoms with Gasteiger partial charge in [-0.2, -0.15) is 0 Å². The van der Waals surface area contributed by atoms with E-state index in [2.05, 4.69) is 134 Å². The van der Waals surface area contributed by atoms with Gasteiger partial charge in [-0.25, -0.2) is 4.98 Å². The van der Waals surface area contributed by atoms with Crippen LogP contribution < -0.4 is 0 Å². The van der Waals surface area contributed by atoms with E-state index in [4.69, 9.17) is 9.97 Å². The molecule has 5 aromatic carbocycles. The molecule has 6 nitrogen and oxygen atoms in total. The second kappa shape index (κ2) is 9.02. The quantitative estimate of drug-likeness (QED) is 0.186. The Morgan fingerprint density at radius 1 is 0.447 bits per heavy atom. The molecule has 0 radical (unpaired) electrons. The number of hydrogen-bond acceptors (Lipinski definition) is 3. The topological polar surface area (TPSA) is 52.9 Å². The SMILES string of the molecule is c1ccc(-n2c3ccccc3c3c2ccc2c4ccc5c(c6ncccc6n6c7cnccc7nc56)c4n(-c4ccccc4)c23)cc1. The number of aromatic nitrogens is 6. The molecule has 0 N–H and O–H groups in total. The van der Waals surface area contributed by atoms with E-state index in [0.29, 0.717) is 0 Å². The van der Waals surface area contributed by atoms with Crippen molar-refractivity contribution in [3.63, 3.8) is 0 Å². The predicted octanol–water partition coefficient (Wildman–Crippen LogP) is 9.78. The van der Waals surface area contributed by atoms with Gasteiger partial charge in [0.2, 0.25) is 0 Å². The van der Waals surface area contributed by atoms with E-state index in [1.54, 1.807) is 6.20 Å². The summed E-state index contributed by atoms with van der Waals surface area (Å²) in [5.41, 5.74) is 11.6. The van der Waals surface area contributed by atoms with Crippen molar-refractivity contribution in [2.75, 3.05) is 0 Å². The normalized spacial score (nSPS) is 12.3. The largest absolute Gasteiger partial charge is 0.309 e. The van der Waals surface area contributed by atoms with Gasteiger partial charge in [-0.3, -0.25) is 14.4 Å². The van der Waals surface area contributed by atoms with Crippen molar-refractivity contribution in [1.29, 1.82) is 0 Å². The van der Waals surface area contributed by atoms with E-state index in [1.165, 1.54) is 38.1 Å². The summed E-state index contributed by atoms with van der Waals surface area (Å²) in [7, 11) is 0. The number of imidazole rings is 1. The van der Waals surface area contributed by atoms with Crippen LogP contribution in [0.1, 0.15) is 0 Å². The highest BCUT2D eigenvalue weighted by Crippen LogP contribution is 2.45. The molecule has 0 fully saturated rings. The zero-order valence-electron chi connectivity index (χ0n) is 25.0. The molecule has 0 unspecified atom stereocenters. The highest BCUT2D eigenvalue weighted by atomic mass is 15.0. The van der Waals surface area contributed by atoms with Crippen LogP contribution in [0.25, 0.3) is 93.5 Å². The van der Waals surface area contributed by atoms with Gasteiger partial charge in [-0.05, 0) is 60.7 Å². The molecule has 47 heavy (non-hydrogen) atoms. The number of rotatable bonds is 2. The summed E-state index contributed by atoms with van der Waals surface area (Å²) in [6, 6.07) is 45.4. The lowest BCUT2D eigenvalue weighted by Gasteiger charge is -2.13. The van der Waals surface area contributed by atoms with Crippen LogP contribution in [0.4, 0.5) is 0 Å². The van der Waals surface area contributed by atoms with E-state index in [0.717, 1.165) is 55.4 Å². The van der Waals surface area contributed by atoms with Crippen LogP contribution in [0, 0.1) is 0 Å². The van der Waals surface area contributed by atoms with Gasteiger partial charge in [0.1, 0.15) is 5.65 Å². The first kappa shape index (κ1) is 24.8. The predicted molar refractivity (Wildman–Crippen MR) is 192 cm³/mol. The summed E-state index contributed by atoms with van der Waals surface area (Å²) >= 11 is 0. The molecule has 6 heterocycles. The zero-order valence-corrected chi connectivity index (χ0v) is 25.0. The number of para-hydroxylation sites is 3. The lowest BCUT2D eigenvalue weighted by atomic mass is 10.0. The van der Waals surface area contributed by atoms with Gasteiger partial charge in [0.05, 0.1) is 50.3 Å². The number of hydrogen-bond donors (Lipinski definition) is 0. The summed E-state index contributed by atoms with van der Waals surface area (Å²) in [6.45, 7) is 0. The third-order valence-electron chi connectivity index (χ3n) is 9.72. The molecule has 11 rings (SSSR count). The van der Waals surface area contributed by atoms with E-state index in [9.17, 15) is 0 Å². The Kier molecular flexibility index (Phi) is 4.75. The monoisotopic (exact) mass is 600 g/mol. The van der Waals surface area contributed by atoms with Crippen molar-refractivity contribution in [1.82, 2.24) is 28.5 Å². The maximum Gasteiger partial charge on any atom is 0.146 e. The Bertz CT molecular complexity index is 3060. The third-order valence-corrected chi connectivity index (χ3v) is 9.72. The molecular formula is C41H24N6. The van der Waals surface area contributed by atoms with Crippen LogP contribution in [0.2, 0.25) is 0 Å². The van der Waals surface area contributed by atoms with Crippen molar-refractivity contribution in [3.05, 3.63) is 146 Å². The van der Waals surface area contributed by atoms with Crippen molar-refractivity contribution in [2.24, 2.45) is 0 Å². The van der Waals surface area contributed by atoms with E-state index < -0.39 is 0 Å². The van der Waals surface area contributed by atoms with Gasteiger partial charge in [0.25, 0.3) is 0 Å². The summed E-state index contributed by atoms with van der Waals surface area (Å²) in [5.74, 6) is 0. The van der Waals surface area contributed by atoms with Crippen LogP contribution in [0.3, 0.4) is 0 Å². The smallest absolute Gasteiger partial charge is 0.146 e. The van der Waals surface area contributed by atoms with Gasteiger partial charge in [-0.15, -0.1) is 0 Å². The highest BCUT2D eigenvalue weighted by molar-refractivity contribution is 6.32. The molecule has 11 aromatic rings. The number of fused-ring (bicyclic) bond motifs is 16. The average molecular weight is 601 g/mol. The van der Waals surface area contributed by atoms with Crippen molar-refractivity contribution in [3.8, 4) is 11.4 Å². The first-order chi connectivity index (χ1) is 23.4. The molecule has 0 atom stereocenters. The van der Waals surface area contributed by atoms with Crippen molar-refractivity contribution >= 4 is 82.1 Å². The number of benzene rings is 5. The van der Waals surface area contributed by atoms with E-state index in [-0.39, 0.29) is 0 Å². The minimum atomic E-state index is 0.904. The molecule has 0 spiro atoms. The molecule has 6 heteroatoms. The Balaban J connectivity index is 1.44. The lowest BCUT2D eigenvalue weighted by Crippen LogP contribution is -1.98. The fourth-order valence-electron chi connectivity index (χ4n) is 7.88. The van der Waals surface area contributed by atoms with Gasteiger partial charge in [-0.1, -0.05) is 66.7 Å². The highest BCUT2D eigenvalue weighted by Gasteiger charge is 2.24. The standard InChI is InChI=1S/C41H24N6/c1-3-10-25(11-4-1)45-32-15-8-7-14-29(32)36-33(45)20-19-28-27-17-18-30-37(40(27)46(39(28)36)26-12-5-2-6-13-26)38-34(16-9-22-43-38)47-35-24-42-23-21-31(35)44-41(30)47/h1-24H. The van der Waals surface area contributed by atoms with Crippen LogP contribution in [0.15, 0.2) is 146 Å². The van der Waals surface area contributed by atoms with Gasteiger partial charge >= 0.3 is 0 Å². The number of pyridine rings is 3. The van der Waals surface area contributed by atoms with Crippen LogP contribution >= 0.6 is 0 Å². The summed E-state index contributed by atoms with van der Waals surface area (Å²) in [4.78, 5) is 14.7. The zero-order chi connectivity index (χ0) is 30.6. The van der Waals surface area contributed by atoms with Crippen LogP contribution in [-0.4, -0.2) is 28.5 Å². The van der Waals surface area contributed by atoms with E-state index >= 15 is 0 Å². The molecule has 0 saturated carbocycles. The Hall–Kier alpha value is -6.53. The lowest BCUT2D eigenvalue weighted by molar-refractivity contribution is 1.18. The fraction of sp³-hybridized carbons (Fsp3) is 0. The second-order valence-corrected chi connectivity index (χ2v) is 12.1. The van der Waals surface area contributed by atoms with Crippen LogP contribution in [-0.2, 0) is 0 Å². The average Bonchev–Trinajstić information content (AvgIpc) is 3.80. The maximum atomic E-state index is 5.17. The van der Waals surface area contributed by atoms with E-state index in [1.807, 2.05) is 24.5 Å². The molecule has 0 aliphatic carbocycles. The molecule has 0 amide bonds. The van der Waals surface area contributed by atoms with Crippen LogP contribution in [0.5, 0.6) is 0 Å². The Labute approximate surface area is 267 Å². The summed E-state index contributed by atoms with van der Waals surface area (Å²) < 4.78 is 7.06. The molecule has 6 aromatic heterocycles. The first-order valence-corrected chi connectivity index (χ1v) is 15.8. The Morgan fingerprint density at radius 2 is 1.13 bits per heavy atom. The minimum Gasteiger partial charge on any atom is -0.309 e. The van der Waals surface area contributed by atoms with Crippen molar-refractivity contribution in [2.45, 2.75) is 0 Å². The molecule has 218 valence electrons.